The normalized spacial score (nSPS) is 21.0. The molecule has 1 saturated carbocycles. The second-order valence-electron chi connectivity index (χ2n) is 4.96. The van der Waals surface area contributed by atoms with E-state index in [1.54, 1.807) is 0 Å². The Kier molecular flexibility index (Phi) is 3.21. The van der Waals surface area contributed by atoms with E-state index in [0.717, 1.165) is 6.20 Å². The van der Waals surface area contributed by atoms with Gasteiger partial charge in [0.05, 0.1) is 0 Å². The van der Waals surface area contributed by atoms with Crippen LogP contribution in [0.5, 0.6) is 0 Å². The Morgan fingerprint density at radius 2 is 2.11 bits per heavy atom. The molecular formula is C12H15F3N2O. The van der Waals surface area contributed by atoms with Crippen LogP contribution >= 0.6 is 0 Å². The minimum atomic E-state index is -4.43. The Morgan fingerprint density at radius 1 is 1.44 bits per heavy atom. The number of imidazole rings is 1. The summed E-state index contributed by atoms with van der Waals surface area (Å²) < 4.78 is 39.5. The standard InChI is InChI=1S/C12H15F3N2O/c1-7(2)17-6-10(12(13,14)15)16-11(17)8-3-4-9(18)5-8/h6-8H,3-5H2,1-2H3. The van der Waals surface area contributed by atoms with Crippen molar-refractivity contribution >= 4 is 5.78 Å². The van der Waals surface area contributed by atoms with Crippen LogP contribution in [0.2, 0.25) is 0 Å². The molecule has 18 heavy (non-hydrogen) atoms. The second-order valence-corrected chi connectivity index (χ2v) is 4.96. The molecule has 2 rings (SSSR count). The number of hydrogen-bond donors (Lipinski definition) is 0. The van der Waals surface area contributed by atoms with Crippen LogP contribution in [0, 0.1) is 0 Å². The van der Waals surface area contributed by atoms with Gasteiger partial charge in [0.15, 0.2) is 5.69 Å². The van der Waals surface area contributed by atoms with Crippen molar-refractivity contribution < 1.29 is 18.0 Å². The van der Waals surface area contributed by atoms with Gasteiger partial charge in [-0.1, -0.05) is 0 Å². The Hall–Kier alpha value is -1.33. The highest BCUT2D eigenvalue weighted by Crippen LogP contribution is 2.36. The Morgan fingerprint density at radius 3 is 2.56 bits per heavy atom. The van der Waals surface area contributed by atoms with E-state index >= 15 is 0 Å². The van der Waals surface area contributed by atoms with Crippen molar-refractivity contribution in [1.82, 2.24) is 9.55 Å². The van der Waals surface area contributed by atoms with Gasteiger partial charge in [-0.05, 0) is 20.3 Å². The monoisotopic (exact) mass is 260 g/mol. The van der Waals surface area contributed by atoms with Crippen LogP contribution in [-0.2, 0) is 11.0 Å². The molecule has 1 aromatic heterocycles. The van der Waals surface area contributed by atoms with Gasteiger partial charge >= 0.3 is 6.18 Å². The van der Waals surface area contributed by atoms with Gasteiger partial charge in [0, 0.05) is 31.0 Å². The lowest BCUT2D eigenvalue weighted by atomic mass is 10.1. The average Bonchev–Trinajstić information content (AvgIpc) is 2.81. The minimum Gasteiger partial charge on any atom is -0.332 e. The summed E-state index contributed by atoms with van der Waals surface area (Å²) in [5.41, 5.74) is -0.870. The maximum Gasteiger partial charge on any atom is 0.434 e. The molecule has 0 bridgehead atoms. The van der Waals surface area contributed by atoms with E-state index in [9.17, 15) is 18.0 Å². The van der Waals surface area contributed by atoms with Crippen LogP contribution in [0.1, 0.15) is 56.6 Å². The third-order valence-corrected chi connectivity index (χ3v) is 3.22. The van der Waals surface area contributed by atoms with E-state index in [0.29, 0.717) is 25.1 Å². The molecule has 1 aromatic rings. The van der Waals surface area contributed by atoms with Crippen LogP contribution in [0.3, 0.4) is 0 Å². The summed E-state index contributed by atoms with van der Waals surface area (Å²) in [6.45, 7) is 3.62. The van der Waals surface area contributed by atoms with Gasteiger partial charge in [0.2, 0.25) is 0 Å². The van der Waals surface area contributed by atoms with Gasteiger partial charge in [-0.3, -0.25) is 4.79 Å². The van der Waals surface area contributed by atoms with Crippen LogP contribution in [-0.4, -0.2) is 15.3 Å². The van der Waals surface area contributed by atoms with Crippen LogP contribution < -0.4 is 0 Å². The molecule has 0 spiro atoms. The van der Waals surface area contributed by atoms with Gasteiger partial charge in [-0.2, -0.15) is 13.2 Å². The number of hydrogen-bond acceptors (Lipinski definition) is 2. The first kappa shape index (κ1) is 13.1. The van der Waals surface area contributed by atoms with E-state index in [1.165, 1.54) is 4.57 Å². The van der Waals surface area contributed by atoms with Crippen molar-refractivity contribution in [2.24, 2.45) is 0 Å². The van der Waals surface area contributed by atoms with Gasteiger partial charge < -0.3 is 4.57 Å². The molecule has 6 heteroatoms. The fourth-order valence-electron chi connectivity index (χ4n) is 2.29. The topological polar surface area (TPSA) is 34.9 Å². The highest BCUT2D eigenvalue weighted by molar-refractivity contribution is 5.81. The Labute approximate surface area is 103 Å². The molecule has 0 aliphatic heterocycles. The largest absolute Gasteiger partial charge is 0.434 e. The molecule has 1 unspecified atom stereocenters. The van der Waals surface area contributed by atoms with E-state index in [1.807, 2.05) is 13.8 Å². The third kappa shape index (κ3) is 2.42. The fourth-order valence-corrected chi connectivity index (χ4v) is 2.29. The first-order valence-electron chi connectivity index (χ1n) is 5.96. The van der Waals surface area contributed by atoms with Crippen LogP contribution in [0.25, 0.3) is 0 Å². The number of carbonyl (C=O) groups is 1. The number of Topliss-reactive ketones (excluding diaryl/α,β-unsaturated/α-hetero) is 1. The van der Waals surface area contributed by atoms with Gasteiger partial charge in [-0.15, -0.1) is 0 Å². The van der Waals surface area contributed by atoms with Crippen LogP contribution in [0.15, 0.2) is 6.20 Å². The number of halogens is 3. The first-order chi connectivity index (χ1) is 8.29. The molecule has 1 aliphatic rings. The molecule has 1 aliphatic carbocycles. The number of alkyl halides is 3. The molecule has 0 amide bonds. The van der Waals surface area contributed by atoms with E-state index in [2.05, 4.69) is 4.98 Å². The highest BCUT2D eigenvalue weighted by atomic mass is 19.4. The zero-order valence-electron chi connectivity index (χ0n) is 10.3. The van der Waals surface area contributed by atoms with Crippen molar-refractivity contribution in [3.63, 3.8) is 0 Å². The summed E-state index contributed by atoms with van der Waals surface area (Å²) >= 11 is 0. The smallest absolute Gasteiger partial charge is 0.332 e. The van der Waals surface area contributed by atoms with Crippen molar-refractivity contribution in [3.8, 4) is 0 Å². The van der Waals surface area contributed by atoms with E-state index in [-0.39, 0.29) is 17.7 Å². The maximum absolute atomic E-state index is 12.7. The summed E-state index contributed by atoms with van der Waals surface area (Å²) in [7, 11) is 0. The maximum atomic E-state index is 12.7. The van der Waals surface area contributed by atoms with E-state index < -0.39 is 11.9 Å². The third-order valence-electron chi connectivity index (χ3n) is 3.22. The Bertz CT molecular complexity index is 462. The van der Waals surface area contributed by atoms with Gasteiger partial charge in [-0.25, -0.2) is 4.98 Å². The predicted molar refractivity (Wildman–Crippen MR) is 59.2 cm³/mol. The molecule has 0 aromatic carbocycles. The molecule has 3 nitrogen and oxygen atoms in total. The zero-order valence-corrected chi connectivity index (χ0v) is 10.3. The predicted octanol–water partition coefficient (Wildman–Crippen LogP) is 3.32. The minimum absolute atomic E-state index is 0.0979. The van der Waals surface area contributed by atoms with E-state index in [4.69, 9.17) is 0 Å². The summed E-state index contributed by atoms with van der Waals surface area (Å²) in [5.74, 6) is 0.325. The number of nitrogens with zero attached hydrogens (tertiary/aromatic N) is 2. The number of ketones is 1. The molecule has 0 radical (unpaired) electrons. The van der Waals surface area contributed by atoms with Gasteiger partial charge in [0.25, 0.3) is 0 Å². The quantitative estimate of drug-likeness (QED) is 0.817. The number of rotatable bonds is 2. The van der Waals surface area contributed by atoms with Crippen molar-refractivity contribution in [2.75, 3.05) is 0 Å². The SMILES string of the molecule is CC(C)n1cc(C(F)(F)F)nc1C1CCC(=O)C1. The molecule has 0 N–H and O–H groups in total. The molecule has 100 valence electrons. The molecular weight excluding hydrogens is 245 g/mol. The Balaban J connectivity index is 2.39. The highest BCUT2D eigenvalue weighted by Gasteiger charge is 2.37. The zero-order chi connectivity index (χ0) is 13.5. The second kappa shape index (κ2) is 4.40. The molecule has 1 heterocycles. The number of aromatic nitrogens is 2. The lowest BCUT2D eigenvalue weighted by molar-refractivity contribution is -0.141. The molecule has 1 fully saturated rings. The lowest BCUT2D eigenvalue weighted by Crippen LogP contribution is -2.09. The first-order valence-corrected chi connectivity index (χ1v) is 5.96. The summed E-state index contributed by atoms with van der Waals surface area (Å²) in [5, 5.41) is 0. The number of carbonyl (C=O) groups excluding carboxylic acids is 1. The molecule has 1 atom stereocenters. The van der Waals surface area contributed by atoms with Crippen molar-refractivity contribution in [2.45, 2.75) is 51.2 Å². The molecule has 0 saturated heterocycles. The lowest BCUT2D eigenvalue weighted by Gasteiger charge is -2.14. The van der Waals surface area contributed by atoms with Crippen molar-refractivity contribution in [1.29, 1.82) is 0 Å². The average molecular weight is 260 g/mol. The summed E-state index contributed by atoms with van der Waals surface area (Å²) in [6, 6.07) is -0.0979. The fraction of sp³-hybridized carbons (Fsp3) is 0.667. The summed E-state index contributed by atoms with van der Waals surface area (Å²) in [4.78, 5) is 15.0. The summed E-state index contributed by atoms with van der Waals surface area (Å²) in [6.07, 6.45) is -2.04. The van der Waals surface area contributed by atoms with Crippen LogP contribution in [0.4, 0.5) is 13.2 Å². The van der Waals surface area contributed by atoms with Gasteiger partial charge in [0.1, 0.15) is 11.6 Å². The van der Waals surface area contributed by atoms with Crippen molar-refractivity contribution in [3.05, 3.63) is 17.7 Å².